The summed E-state index contributed by atoms with van der Waals surface area (Å²) in [6.45, 7) is 0.332. The van der Waals surface area contributed by atoms with E-state index in [9.17, 15) is 4.79 Å². The number of carbonyl (C=O) groups is 1. The van der Waals surface area contributed by atoms with Gasteiger partial charge in [-0.05, 0) is 24.3 Å². The average Bonchev–Trinajstić information content (AvgIpc) is 2.99. The van der Waals surface area contributed by atoms with E-state index in [4.69, 9.17) is 10.1 Å². The summed E-state index contributed by atoms with van der Waals surface area (Å²) in [6, 6.07) is 18.0. The molecule has 0 aliphatic carbocycles. The van der Waals surface area contributed by atoms with E-state index in [0.717, 1.165) is 22.5 Å². The van der Waals surface area contributed by atoms with Gasteiger partial charge in [-0.25, -0.2) is 4.98 Å². The zero-order chi connectivity index (χ0) is 16.9. The first-order valence-electron chi connectivity index (χ1n) is 8.07. The van der Waals surface area contributed by atoms with Crippen LogP contribution < -0.4 is 0 Å². The summed E-state index contributed by atoms with van der Waals surface area (Å²) in [7, 11) is 1.71. The van der Waals surface area contributed by atoms with Crippen LogP contribution in [-0.4, -0.2) is 45.7 Å². The molecule has 5 heteroatoms. The van der Waals surface area contributed by atoms with Crippen molar-refractivity contribution in [2.75, 3.05) is 20.2 Å². The molecule has 5 nitrogen and oxygen atoms in total. The van der Waals surface area contributed by atoms with Crippen LogP contribution in [-0.2, 0) is 11.2 Å². The Bertz CT molecular complexity index is 827. The number of imidazole rings is 1. The molecule has 1 heterocycles. The van der Waals surface area contributed by atoms with Crippen LogP contribution >= 0.6 is 0 Å². The van der Waals surface area contributed by atoms with Gasteiger partial charge in [0.2, 0.25) is 5.91 Å². The number of rotatable bonds is 6. The number of aryl methyl sites for hydroxylation is 1. The topological polar surface area (TPSA) is 58.4 Å². The first kappa shape index (κ1) is 16.2. The van der Waals surface area contributed by atoms with Gasteiger partial charge in [-0.3, -0.25) is 9.36 Å². The Morgan fingerprint density at radius 3 is 2.58 bits per heavy atom. The zero-order valence-corrected chi connectivity index (χ0v) is 13.7. The zero-order valence-electron chi connectivity index (χ0n) is 13.7. The molecule has 2 aromatic carbocycles. The number of para-hydroxylation sites is 3. The molecule has 24 heavy (non-hydrogen) atoms. The molecule has 0 spiro atoms. The lowest BCUT2D eigenvalue weighted by molar-refractivity contribution is -0.130. The van der Waals surface area contributed by atoms with Gasteiger partial charge in [0.25, 0.3) is 0 Å². The third kappa shape index (κ3) is 3.31. The molecule has 0 saturated heterocycles. The highest BCUT2D eigenvalue weighted by Gasteiger charge is 2.15. The van der Waals surface area contributed by atoms with Crippen LogP contribution in [0.5, 0.6) is 0 Å². The number of nitrogens with zero attached hydrogens (tertiary/aromatic N) is 3. The van der Waals surface area contributed by atoms with Gasteiger partial charge in [-0.2, -0.15) is 0 Å². The maximum Gasteiger partial charge on any atom is 0.222 e. The number of hydrogen-bond donors (Lipinski definition) is 1. The fourth-order valence-corrected chi connectivity index (χ4v) is 2.79. The van der Waals surface area contributed by atoms with Gasteiger partial charge in [0.15, 0.2) is 0 Å². The SMILES string of the molecule is CN(CCO)C(=O)CCc1nc2ccccc2n1-c1ccccc1. The summed E-state index contributed by atoms with van der Waals surface area (Å²) in [5, 5.41) is 8.95. The average molecular weight is 323 g/mol. The van der Waals surface area contributed by atoms with Crippen molar-refractivity contribution >= 4 is 16.9 Å². The Balaban J connectivity index is 1.92. The van der Waals surface area contributed by atoms with E-state index in [2.05, 4.69) is 4.57 Å². The molecule has 0 atom stereocenters. The highest BCUT2D eigenvalue weighted by atomic mass is 16.3. The Kier molecular flexibility index (Phi) is 4.91. The number of aliphatic hydroxyl groups excluding tert-OH is 1. The quantitative estimate of drug-likeness (QED) is 0.758. The molecule has 0 radical (unpaired) electrons. The predicted octanol–water partition coefficient (Wildman–Crippen LogP) is 2.41. The fourth-order valence-electron chi connectivity index (χ4n) is 2.79. The summed E-state index contributed by atoms with van der Waals surface area (Å²) in [4.78, 5) is 18.4. The van der Waals surface area contributed by atoms with Crippen LogP contribution in [0.4, 0.5) is 0 Å². The monoisotopic (exact) mass is 323 g/mol. The van der Waals surface area contributed by atoms with Crippen molar-refractivity contribution in [1.82, 2.24) is 14.5 Å². The first-order valence-corrected chi connectivity index (χ1v) is 8.07. The van der Waals surface area contributed by atoms with Crippen molar-refractivity contribution in [3.8, 4) is 5.69 Å². The molecule has 3 aromatic rings. The second-order valence-corrected chi connectivity index (χ2v) is 5.73. The maximum atomic E-state index is 12.1. The molecule has 0 bridgehead atoms. The summed E-state index contributed by atoms with van der Waals surface area (Å²) >= 11 is 0. The Labute approximate surface area is 141 Å². The molecule has 1 aromatic heterocycles. The molecule has 1 amide bonds. The van der Waals surface area contributed by atoms with E-state index in [0.29, 0.717) is 19.4 Å². The lowest BCUT2D eigenvalue weighted by Crippen LogP contribution is -2.29. The largest absolute Gasteiger partial charge is 0.395 e. The number of amides is 1. The summed E-state index contributed by atoms with van der Waals surface area (Å²) in [6.07, 6.45) is 0.921. The van der Waals surface area contributed by atoms with Gasteiger partial charge < -0.3 is 10.0 Å². The molecule has 0 unspecified atom stereocenters. The number of hydrogen-bond acceptors (Lipinski definition) is 3. The summed E-state index contributed by atoms with van der Waals surface area (Å²) in [5.41, 5.74) is 3.00. The second kappa shape index (κ2) is 7.27. The predicted molar refractivity (Wildman–Crippen MR) is 94.1 cm³/mol. The summed E-state index contributed by atoms with van der Waals surface area (Å²) in [5.74, 6) is 0.879. The lowest BCUT2D eigenvalue weighted by atomic mass is 10.2. The Morgan fingerprint density at radius 1 is 1.12 bits per heavy atom. The normalized spacial score (nSPS) is 10.9. The minimum Gasteiger partial charge on any atom is -0.395 e. The highest BCUT2D eigenvalue weighted by molar-refractivity contribution is 5.79. The van der Waals surface area contributed by atoms with Gasteiger partial charge in [0.05, 0.1) is 17.6 Å². The fraction of sp³-hybridized carbons (Fsp3) is 0.263. The van der Waals surface area contributed by atoms with E-state index in [1.165, 1.54) is 0 Å². The third-order valence-corrected chi connectivity index (χ3v) is 4.07. The van der Waals surface area contributed by atoms with Crippen LogP contribution in [0.3, 0.4) is 0 Å². The van der Waals surface area contributed by atoms with Crippen LogP contribution in [0.2, 0.25) is 0 Å². The molecule has 1 N–H and O–H groups in total. The third-order valence-electron chi connectivity index (χ3n) is 4.07. The Morgan fingerprint density at radius 2 is 1.83 bits per heavy atom. The van der Waals surface area contributed by atoms with Crippen molar-refractivity contribution in [3.05, 3.63) is 60.4 Å². The van der Waals surface area contributed by atoms with E-state index in [-0.39, 0.29) is 12.5 Å². The van der Waals surface area contributed by atoms with Crippen molar-refractivity contribution in [1.29, 1.82) is 0 Å². The van der Waals surface area contributed by atoms with E-state index >= 15 is 0 Å². The maximum absolute atomic E-state index is 12.1. The van der Waals surface area contributed by atoms with Gasteiger partial charge in [0, 0.05) is 32.1 Å². The molecule has 0 aliphatic rings. The number of likely N-dealkylation sites (N-methyl/N-ethyl adjacent to an activating group) is 1. The smallest absolute Gasteiger partial charge is 0.222 e. The van der Waals surface area contributed by atoms with Crippen molar-refractivity contribution in [2.24, 2.45) is 0 Å². The Hall–Kier alpha value is -2.66. The lowest BCUT2D eigenvalue weighted by Gasteiger charge is -2.15. The van der Waals surface area contributed by atoms with E-state index in [1.807, 2.05) is 54.6 Å². The molecule has 0 aliphatic heterocycles. The molecule has 124 valence electrons. The molecular formula is C19H21N3O2. The van der Waals surface area contributed by atoms with E-state index in [1.54, 1.807) is 11.9 Å². The minimum atomic E-state index is -0.0230. The first-order chi connectivity index (χ1) is 11.7. The van der Waals surface area contributed by atoms with Crippen molar-refractivity contribution < 1.29 is 9.90 Å². The number of fused-ring (bicyclic) bond motifs is 1. The van der Waals surface area contributed by atoms with Gasteiger partial charge in [-0.1, -0.05) is 30.3 Å². The van der Waals surface area contributed by atoms with Gasteiger partial charge in [-0.15, -0.1) is 0 Å². The highest BCUT2D eigenvalue weighted by Crippen LogP contribution is 2.22. The number of aliphatic hydroxyl groups is 1. The number of benzene rings is 2. The standard InChI is InChI=1S/C19H21N3O2/c1-21(13-14-23)19(24)12-11-18-20-16-9-5-6-10-17(16)22(18)15-7-3-2-4-8-15/h2-10,23H,11-14H2,1H3. The molecule has 0 saturated carbocycles. The van der Waals surface area contributed by atoms with Gasteiger partial charge >= 0.3 is 0 Å². The van der Waals surface area contributed by atoms with Crippen LogP contribution in [0.15, 0.2) is 54.6 Å². The van der Waals surface area contributed by atoms with Crippen LogP contribution in [0.25, 0.3) is 16.7 Å². The van der Waals surface area contributed by atoms with Crippen molar-refractivity contribution in [2.45, 2.75) is 12.8 Å². The molecule has 3 rings (SSSR count). The number of aromatic nitrogens is 2. The summed E-state index contributed by atoms with van der Waals surface area (Å²) < 4.78 is 2.11. The second-order valence-electron chi connectivity index (χ2n) is 5.73. The van der Waals surface area contributed by atoms with Crippen LogP contribution in [0, 0.1) is 0 Å². The minimum absolute atomic E-state index is 0.00992. The van der Waals surface area contributed by atoms with E-state index < -0.39 is 0 Å². The van der Waals surface area contributed by atoms with Crippen molar-refractivity contribution in [3.63, 3.8) is 0 Å². The van der Waals surface area contributed by atoms with Crippen LogP contribution in [0.1, 0.15) is 12.2 Å². The molecular weight excluding hydrogens is 302 g/mol. The number of carbonyl (C=O) groups excluding carboxylic acids is 1. The molecule has 0 fully saturated rings. The van der Waals surface area contributed by atoms with Gasteiger partial charge in [0.1, 0.15) is 5.82 Å².